The van der Waals surface area contributed by atoms with Gasteiger partial charge in [-0.3, -0.25) is 10.7 Å². The number of nitrogens with zero attached hydrogens (tertiary/aromatic N) is 3. The van der Waals surface area contributed by atoms with Gasteiger partial charge in [0, 0.05) is 0 Å². The Morgan fingerprint density at radius 1 is 1.73 bits per heavy atom. The molecule has 11 heavy (non-hydrogen) atoms. The monoisotopic (exact) mass is 154 g/mol. The van der Waals surface area contributed by atoms with Gasteiger partial charge in [0.25, 0.3) is 5.82 Å². The zero-order valence-electron chi connectivity index (χ0n) is 5.51. The van der Waals surface area contributed by atoms with Crippen molar-refractivity contribution in [1.82, 2.24) is 4.98 Å². The average Bonchev–Trinajstić information content (AvgIpc) is 1.99. The van der Waals surface area contributed by atoms with Crippen molar-refractivity contribution in [3.63, 3.8) is 0 Å². The average molecular weight is 154 g/mol. The molecule has 0 bridgehead atoms. The van der Waals surface area contributed by atoms with Crippen LogP contribution in [0.4, 0.5) is 5.82 Å². The second-order valence-electron chi connectivity index (χ2n) is 1.80. The van der Waals surface area contributed by atoms with E-state index in [4.69, 9.17) is 10.9 Å². The Kier molecular flexibility index (Phi) is 1.86. The number of aromatic nitrogens is 2. The van der Waals surface area contributed by atoms with E-state index in [1.165, 1.54) is 12.4 Å². The Labute approximate surface area is 62.2 Å². The molecule has 0 amide bonds. The minimum absolute atomic E-state index is 0.0394. The van der Waals surface area contributed by atoms with Crippen molar-refractivity contribution in [3.05, 3.63) is 23.3 Å². The lowest BCUT2D eigenvalue weighted by Crippen LogP contribution is -2.35. The Morgan fingerprint density at radius 3 is 3.09 bits per heavy atom. The van der Waals surface area contributed by atoms with E-state index < -0.39 is 0 Å². The number of hydrogen-bond acceptors (Lipinski definition) is 5. The number of nitrogens with two attached hydrogens (primary N) is 1. The highest BCUT2D eigenvalue weighted by Crippen LogP contribution is 1.89. The summed E-state index contributed by atoms with van der Waals surface area (Å²) in [6.07, 6.45) is 3.40. The van der Waals surface area contributed by atoms with Gasteiger partial charge in [-0.2, -0.15) is 0 Å². The molecule has 58 valence electrons. The molecule has 0 saturated carbocycles. The van der Waals surface area contributed by atoms with Gasteiger partial charge in [0.05, 0.1) is 6.20 Å². The van der Waals surface area contributed by atoms with Crippen molar-refractivity contribution in [2.75, 3.05) is 5.73 Å². The summed E-state index contributed by atoms with van der Waals surface area (Å²) in [7, 11) is 0. The van der Waals surface area contributed by atoms with Crippen LogP contribution in [0.15, 0.2) is 17.5 Å². The van der Waals surface area contributed by atoms with Gasteiger partial charge in [-0.1, -0.05) is 5.16 Å². The largest absolute Gasteiger partial charge is 0.710 e. The lowest BCUT2D eigenvalue weighted by atomic mass is 10.5. The summed E-state index contributed by atoms with van der Waals surface area (Å²) in [6.45, 7) is 0. The number of oxime groups is 1. The fourth-order valence-electron chi connectivity index (χ4n) is 0.589. The summed E-state index contributed by atoms with van der Waals surface area (Å²) in [6, 6.07) is 0. The van der Waals surface area contributed by atoms with Crippen LogP contribution >= 0.6 is 0 Å². The molecule has 0 atom stereocenters. The fraction of sp³-hybridized carbons (Fsp3) is 0. The van der Waals surface area contributed by atoms with Gasteiger partial charge < -0.3 is 10.4 Å². The summed E-state index contributed by atoms with van der Waals surface area (Å²) in [4.78, 5) is 3.62. The van der Waals surface area contributed by atoms with Gasteiger partial charge in [0.1, 0.15) is 12.4 Å². The lowest BCUT2D eigenvalue weighted by molar-refractivity contribution is -0.591. The van der Waals surface area contributed by atoms with Crippen molar-refractivity contribution in [2.45, 2.75) is 0 Å². The first-order valence-electron chi connectivity index (χ1n) is 2.76. The standard InChI is InChI=1S/C5H6N4O2/c6-5-3-7-1-4(2-8-10)9(5)11/h1-3,10H,6H2/b8-2-. The maximum Gasteiger partial charge on any atom is 0.294 e. The first-order chi connectivity index (χ1) is 5.25. The predicted molar refractivity (Wildman–Crippen MR) is 37.0 cm³/mol. The summed E-state index contributed by atoms with van der Waals surface area (Å²) in [5.41, 5.74) is 5.29. The highest BCUT2D eigenvalue weighted by atomic mass is 16.5. The third-order valence-corrected chi connectivity index (χ3v) is 1.07. The molecule has 0 radical (unpaired) electrons. The van der Waals surface area contributed by atoms with Crippen molar-refractivity contribution < 1.29 is 9.94 Å². The van der Waals surface area contributed by atoms with Crippen molar-refractivity contribution >= 4 is 12.0 Å². The minimum Gasteiger partial charge on any atom is -0.710 e. The molecule has 0 fully saturated rings. The number of hydrogen-bond donors (Lipinski definition) is 2. The van der Waals surface area contributed by atoms with Crippen LogP contribution in [-0.2, 0) is 0 Å². The summed E-state index contributed by atoms with van der Waals surface area (Å²) >= 11 is 0. The third-order valence-electron chi connectivity index (χ3n) is 1.07. The second kappa shape index (κ2) is 2.82. The predicted octanol–water partition coefficient (Wildman–Crippen LogP) is -0.895. The van der Waals surface area contributed by atoms with E-state index in [9.17, 15) is 5.21 Å². The van der Waals surface area contributed by atoms with E-state index in [0.717, 1.165) is 6.21 Å². The van der Waals surface area contributed by atoms with Gasteiger partial charge in [-0.05, 0) is 0 Å². The summed E-state index contributed by atoms with van der Waals surface area (Å²) in [5.74, 6) is -0.0394. The topological polar surface area (TPSA) is 98.4 Å². The van der Waals surface area contributed by atoms with E-state index in [1.807, 2.05) is 0 Å². The maximum atomic E-state index is 10.9. The highest BCUT2D eigenvalue weighted by Gasteiger charge is 2.00. The summed E-state index contributed by atoms with van der Waals surface area (Å²) in [5, 5.41) is 21.7. The van der Waals surface area contributed by atoms with Crippen LogP contribution in [-0.4, -0.2) is 16.4 Å². The lowest BCUT2D eigenvalue weighted by Gasteiger charge is -2.05. The molecular formula is C5H6N4O2. The normalized spacial score (nSPS) is 10.5. The molecule has 0 aliphatic carbocycles. The molecule has 0 spiro atoms. The van der Waals surface area contributed by atoms with E-state index in [1.54, 1.807) is 0 Å². The first kappa shape index (κ1) is 7.26. The van der Waals surface area contributed by atoms with Gasteiger partial charge in [0.15, 0.2) is 5.69 Å². The molecule has 1 heterocycles. The molecule has 0 aromatic carbocycles. The Morgan fingerprint density at radius 2 is 2.45 bits per heavy atom. The first-order valence-corrected chi connectivity index (χ1v) is 2.76. The zero-order chi connectivity index (χ0) is 8.27. The van der Waals surface area contributed by atoms with E-state index >= 15 is 0 Å². The Balaban J connectivity index is 3.16. The molecular weight excluding hydrogens is 148 g/mol. The minimum atomic E-state index is -0.0394. The van der Waals surface area contributed by atoms with Crippen LogP contribution in [0.1, 0.15) is 5.69 Å². The molecule has 0 saturated heterocycles. The van der Waals surface area contributed by atoms with E-state index in [2.05, 4.69) is 10.1 Å². The van der Waals surface area contributed by atoms with Crippen molar-refractivity contribution in [2.24, 2.45) is 5.16 Å². The zero-order valence-corrected chi connectivity index (χ0v) is 5.51. The van der Waals surface area contributed by atoms with E-state index in [0.29, 0.717) is 4.73 Å². The quantitative estimate of drug-likeness (QED) is 0.180. The second-order valence-corrected chi connectivity index (χ2v) is 1.80. The molecule has 1 rings (SSSR count). The molecule has 0 aliphatic rings. The smallest absolute Gasteiger partial charge is 0.294 e. The Bertz CT molecular complexity index is 286. The van der Waals surface area contributed by atoms with Crippen LogP contribution in [0.3, 0.4) is 0 Å². The van der Waals surface area contributed by atoms with E-state index in [-0.39, 0.29) is 11.5 Å². The van der Waals surface area contributed by atoms with Gasteiger partial charge in [0.2, 0.25) is 0 Å². The molecule has 1 aromatic heterocycles. The number of anilines is 1. The SMILES string of the molecule is Nc1cncc(/C=N\O)[n+]1[O-]. The summed E-state index contributed by atoms with van der Waals surface area (Å²) < 4.78 is 0.409. The highest BCUT2D eigenvalue weighted by molar-refractivity contribution is 5.74. The fourth-order valence-corrected chi connectivity index (χ4v) is 0.589. The molecule has 1 aromatic rings. The third kappa shape index (κ3) is 1.34. The molecule has 6 nitrogen and oxygen atoms in total. The Hall–Kier alpha value is -1.85. The van der Waals surface area contributed by atoms with Crippen LogP contribution in [0.2, 0.25) is 0 Å². The number of rotatable bonds is 1. The van der Waals surface area contributed by atoms with Crippen LogP contribution in [0.25, 0.3) is 0 Å². The van der Waals surface area contributed by atoms with Crippen molar-refractivity contribution in [1.29, 1.82) is 0 Å². The van der Waals surface area contributed by atoms with Crippen LogP contribution in [0.5, 0.6) is 0 Å². The maximum absolute atomic E-state index is 10.9. The molecule has 0 aliphatic heterocycles. The van der Waals surface area contributed by atoms with Gasteiger partial charge >= 0.3 is 0 Å². The van der Waals surface area contributed by atoms with Crippen LogP contribution < -0.4 is 10.5 Å². The molecule has 6 heteroatoms. The number of nitrogen functional groups attached to an aromatic ring is 1. The van der Waals surface area contributed by atoms with Crippen LogP contribution in [0, 0.1) is 5.21 Å². The van der Waals surface area contributed by atoms with Gasteiger partial charge in [-0.15, -0.1) is 0 Å². The van der Waals surface area contributed by atoms with Gasteiger partial charge in [-0.25, -0.2) is 4.73 Å². The molecule has 0 unspecified atom stereocenters. The van der Waals surface area contributed by atoms with Crippen molar-refractivity contribution in [3.8, 4) is 0 Å². The molecule has 3 N–H and O–H groups in total.